The number of benzene rings is 1. The fourth-order valence-electron chi connectivity index (χ4n) is 3.75. The Labute approximate surface area is 191 Å². The van der Waals surface area contributed by atoms with Gasteiger partial charge in [0.1, 0.15) is 6.04 Å². The van der Waals surface area contributed by atoms with E-state index >= 15 is 0 Å². The summed E-state index contributed by atoms with van der Waals surface area (Å²) in [5, 5.41) is 2.79. The van der Waals surface area contributed by atoms with Crippen molar-refractivity contribution in [2.45, 2.75) is 45.1 Å². The Hall–Kier alpha value is -2.45. The van der Waals surface area contributed by atoms with Crippen molar-refractivity contribution in [3.05, 3.63) is 35.9 Å². The van der Waals surface area contributed by atoms with E-state index < -0.39 is 17.9 Å². The number of rotatable bonds is 13. The number of nitrogens with two attached hydrogens (primary N) is 1. The van der Waals surface area contributed by atoms with E-state index in [-0.39, 0.29) is 18.2 Å². The SMILES string of the molecule is CCCCC(NC(=O)C(CC(=O)N(C)CCN1CCOCC1)Cc1ccccc1)C(N)=O. The zero-order chi connectivity index (χ0) is 23.3. The van der Waals surface area contributed by atoms with Crippen molar-refractivity contribution in [1.29, 1.82) is 0 Å². The van der Waals surface area contributed by atoms with Crippen molar-refractivity contribution in [2.24, 2.45) is 11.7 Å². The molecule has 0 aliphatic carbocycles. The van der Waals surface area contributed by atoms with Crippen LogP contribution < -0.4 is 11.1 Å². The number of hydrogen-bond acceptors (Lipinski definition) is 5. The smallest absolute Gasteiger partial charge is 0.239 e. The van der Waals surface area contributed by atoms with E-state index in [1.807, 2.05) is 37.3 Å². The third-order valence-electron chi connectivity index (χ3n) is 5.90. The van der Waals surface area contributed by atoms with Gasteiger partial charge in [-0.2, -0.15) is 0 Å². The molecular weight excluding hydrogens is 408 g/mol. The zero-order valence-electron chi connectivity index (χ0n) is 19.4. The number of nitrogens with zero attached hydrogens (tertiary/aromatic N) is 2. The fraction of sp³-hybridized carbons (Fsp3) is 0.625. The molecule has 1 saturated heterocycles. The maximum absolute atomic E-state index is 13.1. The molecular formula is C24H38N4O4. The molecule has 0 spiro atoms. The van der Waals surface area contributed by atoms with E-state index in [1.54, 1.807) is 11.9 Å². The van der Waals surface area contributed by atoms with Crippen molar-refractivity contribution >= 4 is 17.7 Å². The molecule has 1 heterocycles. The minimum absolute atomic E-state index is 0.0829. The summed E-state index contributed by atoms with van der Waals surface area (Å²) in [5.41, 5.74) is 6.47. The Morgan fingerprint density at radius 2 is 1.88 bits per heavy atom. The van der Waals surface area contributed by atoms with Crippen LogP contribution in [0.3, 0.4) is 0 Å². The van der Waals surface area contributed by atoms with Gasteiger partial charge in [0.2, 0.25) is 17.7 Å². The second-order valence-corrected chi connectivity index (χ2v) is 8.47. The topological polar surface area (TPSA) is 105 Å². The Morgan fingerprint density at radius 3 is 2.50 bits per heavy atom. The predicted molar refractivity (Wildman–Crippen MR) is 124 cm³/mol. The molecule has 0 radical (unpaired) electrons. The highest BCUT2D eigenvalue weighted by atomic mass is 16.5. The van der Waals surface area contributed by atoms with Crippen molar-refractivity contribution in [3.8, 4) is 0 Å². The molecule has 3 N–H and O–H groups in total. The first kappa shape index (κ1) is 25.8. The average molecular weight is 447 g/mol. The molecule has 1 aliphatic heterocycles. The number of carbonyl (C=O) groups excluding carboxylic acids is 3. The van der Waals surface area contributed by atoms with Crippen LogP contribution in [-0.4, -0.2) is 80.0 Å². The van der Waals surface area contributed by atoms with Crippen LogP contribution in [-0.2, 0) is 25.5 Å². The van der Waals surface area contributed by atoms with E-state index in [1.165, 1.54) is 0 Å². The highest BCUT2D eigenvalue weighted by Crippen LogP contribution is 2.15. The molecule has 0 saturated carbocycles. The number of ether oxygens (including phenoxy) is 1. The Bertz CT molecular complexity index is 722. The molecule has 2 unspecified atom stereocenters. The van der Waals surface area contributed by atoms with Crippen LogP contribution in [0.4, 0.5) is 0 Å². The summed E-state index contributed by atoms with van der Waals surface area (Å²) >= 11 is 0. The Balaban J connectivity index is 2.00. The first-order valence-electron chi connectivity index (χ1n) is 11.6. The van der Waals surface area contributed by atoms with Crippen LogP contribution in [0, 0.1) is 5.92 Å². The molecule has 8 heteroatoms. The molecule has 0 aromatic heterocycles. The number of hydrogen-bond donors (Lipinski definition) is 2. The third-order valence-corrected chi connectivity index (χ3v) is 5.90. The number of carbonyl (C=O) groups is 3. The minimum Gasteiger partial charge on any atom is -0.379 e. The maximum atomic E-state index is 13.1. The Morgan fingerprint density at radius 1 is 1.19 bits per heavy atom. The van der Waals surface area contributed by atoms with E-state index in [0.29, 0.717) is 19.4 Å². The molecule has 3 amide bonds. The van der Waals surface area contributed by atoms with E-state index in [2.05, 4.69) is 10.2 Å². The summed E-state index contributed by atoms with van der Waals surface area (Å²) < 4.78 is 5.36. The van der Waals surface area contributed by atoms with Crippen molar-refractivity contribution in [3.63, 3.8) is 0 Å². The molecule has 2 rings (SSSR count). The molecule has 32 heavy (non-hydrogen) atoms. The zero-order valence-corrected chi connectivity index (χ0v) is 19.4. The van der Waals surface area contributed by atoms with Gasteiger partial charge in [-0.05, 0) is 18.4 Å². The highest BCUT2D eigenvalue weighted by molar-refractivity contribution is 5.90. The van der Waals surface area contributed by atoms with E-state index in [9.17, 15) is 14.4 Å². The number of nitrogens with one attached hydrogen (secondary N) is 1. The molecule has 8 nitrogen and oxygen atoms in total. The van der Waals surface area contributed by atoms with Gasteiger partial charge in [-0.1, -0.05) is 50.1 Å². The monoisotopic (exact) mass is 446 g/mol. The first-order valence-corrected chi connectivity index (χ1v) is 11.6. The Kier molecular flexibility index (Phi) is 11.2. The molecule has 178 valence electrons. The summed E-state index contributed by atoms with van der Waals surface area (Å²) in [4.78, 5) is 41.8. The van der Waals surface area contributed by atoms with Gasteiger partial charge in [-0.3, -0.25) is 19.3 Å². The van der Waals surface area contributed by atoms with Crippen LogP contribution in [0.2, 0.25) is 0 Å². The number of primary amides is 1. The standard InChI is InChI=1S/C24H38N4O4/c1-3-4-10-21(23(25)30)26-24(31)20(17-19-8-6-5-7-9-19)18-22(29)27(2)11-12-28-13-15-32-16-14-28/h5-9,20-21H,3-4,10-18H2,1-2H3,(H2,25,30)(H,26,31). The molecule has 1 aliphatic rings. The predicted octanol–water partition coefficient (Wildman–Crippen LogP) is 1.19. The van der Waals surface area contributed by atoms with Crippen LogP contribution in [0.25, 0.3) is 0 Å². The third kappa shape index (κ3) is 8.96. The van der Waals surface area contributed by atoms with Gasteiger partial charge in [-0.15, -0.1) is 0 Å². The summed E-state index contributed by atoms with van der Waals surface area (Å²) in [6.07, 6.45) is 2.71. The van der Waals surface area contributed by atoms with Crippen LogP contribution in [0.5, 0.6) is 0 Å². The van der Waals surface area contributed by atoms with E-state index in [4.69, 9.17) is 10.5 Å². The van der Waals surface area contributed by atoms with E-state index in [0.717, 1.165) is 51.3 Å². The quantitative estimate of drug-likeness (QED) is 0.474. The molecule has 0 bridgehead atoms. The van der Waals surface area contributed by atoms with Crippen molar-refractivity contribution < 1.29 is 19.1 Å². The average Bonchev–Trinajstić information content (AvgIpc) is 2.80. The van der Waals surface area contributed by atoms with Crippen molar-refractivity contribution in [2.75, 3.05) is 46.4 Å². The van der Waals surface area contributed by atoms with Gasteiger partial charge >= 0.3 is 0 Å². The number of amides is 3. The lowest BCUT2D eigenvalue weighted by molar-refractivity contribution is -0.136. The maximum Gasteiger partial charge on any atom is 0.239 e. The lowest BCUT2D eigenvalue weighted by Gasteiger charge is -2.29. The highest BCUT2D eigenvalue weighted by Gasteiger charge is 2.27. The van der Waals surface area contributed by atoms with Gasteiger partial charge in [0, 0.05) is 39.6 Å². The van der Waals surface area contributed by atoms with Gasteiger partial charge < -0.3 is 20.7 Å². The molecule has 1 aromatic rings. The number of unbranched alkanes of at least 4 members (excludes halogenated alkanes) is 1. The lowest BCUT2D eigenvalue weighted by Crippen LogP contribution is -2.48. The second-order valence-electron chi connectivity index (χ2n) is 8.47. The molecule has 1 fully saturated rings. The van der Waals surface area contributed by atoms with Crippen LogP contribution in [0.15, 0.2) is 30.3 Å². The van der Waals surface area contributed by atoms with Gasteiger partial charge in [-0.25, -0.2) is 0 Å². The lowest BCUT2D eigenvalue weighted by atomic mass is 9.94. The minimum atomic E-state index is -0.713. The van der Waals surface area contributed by atoms with Gasteiger partial charge in [0.05, 0.1) is 19.1 Å². The summed E-state index contributed by atoms with van der Waals surface area (Å²) in [5.74, 6) is -1.50. The molecule has 1 aromatic carbocycles. The molecule has 2 atom stereocenters. The normalized spacial score (nSPS) is 16.2. The van der Waals surface area contributed by atoms with Crippen LogP contribution >= 0.6 is 0 Å². The number of morpholine rings is 1. The largest absolute Gasteiger partial charge is 0.379 e. The van der Waals surface area contributed by atoms with Crippen LogP contribution in [0.1, 0.15) is 38.2 Å². The summed E-state index contributed by atoms with van der Waals surface area (Å²) in [6, 6.07) is 8.90. The summed E-state index contributed by atoms with van der Waals surface area (Å²) in [7, 11) is 1.77. The van der Waals surface area contributed by atoms with Crippen molar-refractivity contribution in [1.82, 2.24) is 15.1 Å². The first-order chi connectivity index (χ1) is 15.4. The van der Waals surface area contributed by atoms with Gasteiger partial charge in [0.15, 0.2) is 0 Å². The van der Waals surface area contributed by atoms with Gasteiger partial charge in [0.25, 0.3) is 0 Å². The summed E-state index contributed by atoms with van der Waals surface area (Å²) in [6.45, 7) is 6.57. The second kappa shape index (κ2) is 13.9. The number of likely N-dealkylation sites (N-methyl/N-ethyl adjacent to an activating group) is 1. The fourth-order valence-corrected chi connectivity index (χ4v) is 3.75.